The van der Waals surface area contributed by atoms with E-state index in [1.807, 2.05) is 42.1 Å². The Hall–Kier alpha value is -1.92. The summed E-state index contributed by atoms with van der Waals surface area (Å²) in [5.41, 5.74) is 2.87. The molecular formula is C14H13N3OS2. The smallest absolute Gasteiger partial charge is 0.183 e. The van der Waals surface area contributed by atoms with E-state index in [9.17, 15) is 0 Å². The van der Waals surface area contributed by atoms with Gasteiger partial charge in [0.05, 0.1) is 7.11 Å². The van der Waals surface area contributed by atoms with Crippen molar-refractivity contribution in [2.24, 2.45) is 0 Å². The van der Waals surface area contributed by atoms with E-state index >= 15 is 0 Å². The monoisotopic (exact) mass is 303 g/mol. The molecule has 0 aliphatic heterocycles. The summed E-state index contributed by atoms with van der Waals surface area (Å²) < 4.78 is 5.24. The lowest BCUT2D eigenvalue weighted by molar-refractivity contribution is 0.415. The van der Waals surface area contributed by atoms with Crippen molar-refractivity contribution in [3.8, 4) is 27.7 Å². The first-order chi connectivity index (χ1) is 9.80. The van der Waals surface area contributed by atoms with Gasteiger partial charge in [-0.2, -0.15) is 0 Å². The second kappa shape index (κ2) is 5.60. The molecule has 2 aromatic heterocycles. The van der Waals surface area contributed by atoms with E-state index in [-0.39, 0.29) is 0 Å². The zero-order valence-corrected chi connectivity index (χ0v) is 12.7. The van der Waals surface area contributed by atoms with Crippen LogP contribution in [-0.4, -0.2) is 24.1 Å². The number of thiazole rings is 2. The zero-order chi connectivity index (χ0) is 13.9. The Morgan fingerprint density at radius 2 is 1.90 bits per heavy atom. The highest BCUT2D eigenvalue weighted by molar-refractivity contribution is 7.14. The summed E-state index contributed by atoms with van der Waals surface area (Å²) in [6.07, 6.45) is 0. The normalized spacial score (nSPS) is 10.5. The molecule has 102 valence electrons. The lowest BCUT2D eigenvalue weighted by atomic mass is 10.2. The van der Waals surface area contributed by atoms with Gasteiger partial charge in [-0.15, -0.1) is 22.7 Å². The minimum absolute atomic E-state index is 0.838. The topological polar surface area (TPSA) is 47.0 Å². The third-order valence-electron chi connectivity index (χ3n) is 2.80. The van der Waals surface area contributed by atoms with Crippen LogP contribution in [0.4, 0.5) is 5.13 Å². The van der Waals surface area contributed by atoms with Crippen molar-refractivity contribution in [3.63, 3.8) is 0 Å². The highest BCUT2D eigenvalue weighted by Gasteiger charge is 2.10. The number of hydrogen-bond acceptors (Lipinski definition) is 6. The first-order valence-corrected chi connectivity index (χ1v) is 7.79. The Morgan fingerprint density at radius 1 is 1.10 bits per heavy atom. The molecule has 0 spiro atoms. The summed E-state index contributed by atoms with van der Waals surface area (Å²) >= 11 is 3.19. The molecule has 20 heavy (non-hydrogen) atoms. The van der Waals surface area contributed by atoms with E-state index in [0.29, 0.717) is 0 Å². The fourth-order valence-corrected chi connectivity index (χ4v) is 3.26. The molecule has 3 rings (SSSR count). The number of ether oxygens (including phenoxy) is 1. The molecule has 0 bridgehead atoms. The van der Waals surface area contributed by atoms with Crippen molar-refractivity contribution in [3.05, 3.63) is 35.0 Å². The van der Waals surface area contributed by atoms with E-state index < -0.39 is 0 Å². The van der Waals surface area contributed by atoms with Gasteiger partial charge in [-0.1, -0.05) is 12.1 Å². The van der Waals surface area contributed by atoms with E-state index in [4.69, 9.17) is 4.74 Å². The van der Waals surface area contributed by atoms with Gasteiger partial charge in [0.15, 0.2) is 5.13 Å². The highest BCUT2D eigenvalue weighted by atomic mass is 32.1. The van der Waals surface area contributed by atoms with E-state index in [1.165, 1.54) is 0 Å². The molecule has 6 heteroatoms. The van der Waals surface area contributed by atoms with Crippen LogP contribution in [0.1, 0.15) is 0 Å². The molecule has 1 N–H and O–H groups in total. The van der Waals surface area contributed by atoms with Crippen molar-refractivity contribution < 1.29 is 4.74 Å². The van der Waals surface area contributed by atoms with Crippen LogP contribution in [0.25, 0.3) is 22.0 Å². The molecule has 0 unspecified atom stereocenters. The lowest BCUT2D eigenvalue weighted by Gasteiger charge is -2.01. The fourth-order valence-electron chi connectivity index (χ4n) is 1.79. The summed E-state index contributed by atoms with van der Waals surface area (Å²) in [6, 6.07) is 7.92. The van der Waals surface area contributed by atoms with E-state index in [0.717, 1.165) is 32.8 Å². The van der Waals surface area contributed by atoms with Crippen LogP contribution < -0.4 is 10.1 Å². The average Bonchev–Trinajstić information content (AvgIpc) is 3.15. The first-order valence-electron chi connectivity index (χ1n) is 6.04. The number of anilines is 1. The Balaban J connectivity index is 1.93. The van der Waals surface area contributed by atoms with E-state index in [1.54, 1.807) is 29.8 Å². The van der Waals surface area contributed by atoms with Crippen LogP contribution in [0.5, 0.6) is 5.75 Å². The predicted octanol–water partition coefficient (Wildman–Crippen LogP) is 3.98. The summed E-state index contributed by atoms with van der Waals surface area (Å²) in [4.78, 5) is 9.12. The van der Waals surface area contributed by atoms with Crippen LogP contribution in [-0.2, 0) is 0 Å². The molecule has 0 amide bonds. The molecule has 0 atom stereocenters. The second-order valence-corrected chi connectivity index (χ2v) is 5.77. The van der Waals surface area contributed by atoms with Crippen molar-refractivity contribution in [1.82, 2.24) is 9.97 Å². The molecule has 0 fully saturated rings. The van der Waals surface area contributed by atoms with Crippen molar-refractivity contribution in [1.29, 1.82) is 0 Å². The van der Waals surface area contributed by atoms with Gasteiger partial charge in [-0.25, -0.2) is 9.97 Å². The van der Waals surface area contributed by atoms with Gasteiger partial charge in [-0.05, 0) is 12.1 Å². The fraction of sp³-hybridized carbons (Fsp3) is 0.143. The van der Waals surface area contributed by atoms with Gasteiger partial charge in [0.1, 0.15) is 22.1 Å². The van der Waals surface area contributed by atoms with Gasteiger partial charge in [0.2, 0.25) is 0 Å². The number of methoxy groups -OCH3 is 1. The highest BCUT2D eigenvalue weighted by Crippen LogP contribution is 2.31. The van der Waals surface area contributed by atoms with Crippen molar-refractivity contribution in [2.45, 2.75) is 0 Å². The quantitative estimate of drug-likeness (QED) is 0.792. The Labute approximate surface area is 125 Å². The molecule has 0 aliphatic carbocycles. The SMILES string of the molecule is CNc1nc(-c2csc(-c3cccc(OC)c3)n2)cs1. The van der Waals surface area contributed by atoms with E-state index in [2.05, 4.69) is 15.3 Å². The maximum Gasteiger partial charge on any atom is 0.183 e. The summed E-state index contributed by atoms with van der Waals surface area (Å²) in [5.74, 6) is 0.838. The molecule has 0 saturated carbocycles. The second-order valence-electron chi connectivity index (χ2n) is 4.06. The van der Waals surface area contributed by atoms with Crippen molar-refractivity contribution >= 4 is 27.8 Å². The third kappa shape index (κ3) is 2.52. The van der Waals surface area contributed by atoms with Crippen LogP contribution in [0, 0.1) is 0 Å². The summed E-state index contributed by atoms with van der Waals surface area (Å²) in [7, 11) is 3.53. The minimum Gasteiger partial charge on any atom is -0.497 e. The number of nitrogens with one attached hydrogen (secondary N) is 1. The first kappa shape index (κ1) is 13.1. The van der Waals surface area contributed by atoms with Gasteiger partial charge in [-0.3, -0.25) is 0 Å². The molecule has 0 radical (unpaired) electrons. The molecule has 3 aromatic rings. The van der Waals surface area contributed by atoms with Crippen LogP contribution >= 0.6 is 22.7 Å². The number of nitrogens with zero attached hydrogens (tertiary/aromatic N) is 2. The van der Waals surface area contributed by atoms with Crippen LogP contribution in [0.3, 0.4) is 0 Å². The minimum atomic E-state index is 0.838. The largest absolute Gasteiger partial charge is 0.497 e. The Morgan fingerprint density at radius 3 is 2.65 bits per heavy atom. The maximum absolute atomic E-state index is 5.24. The summed E-state index contributed by atoms with van der Waals surface area (Å²) in [6.45, 7) is 0. The molecular weight excluding hydrogens is 290 g/mol. The van der Waals surface area contributed by atoms with Gasteiger partial charge >= 0.3 is 0 Å². The zero-order valence-electron chi connectivity index (χ0n) is 11.1. The number of rotatable bonds is 4. The Bertz CT molecular complexity index is 721. The van der Waals surface area contributed by atoms with Crippen LogP contribution in [0.2, 0.25) is 0 Å². The molecule has 0 aliphatic rings. The van der Waals surface area contributed by atoms with Gasteiger partial charge in [0.25, 0.3) is 0 Å². The van der Waals surface area contributed by atoms with Crippen molar-refractivity contribution in [2.75, 3.05) is 19.5 Å². The lowest BCUT2D eigenvalue weighted by Crippen LogP contribution is -1.86. The average molecular weight is 303 g/mol. The maximum atomic E-state index is 5.24. The predicted molar refractivity (Wildman–Crippen MR) is 84.8 cm³/mol. The third-order valence-corrected chi connectivity index (χ3v) is 4.55. The van der Waals surface area contributed by atoms with Gasteiger partial charge in [0, 0.05) is 23.4 Å². The molecule has 1 aromatic carbocycles. The number of benzene rings is 1. The summed E-state index contributed by atoms with van der Waals surface area (Å²) in [5, 5.41) is 8.95. The molecule has 4 nitrogen and oxygen atoms in total. The molecule has 2 heterocycles. The van der Waals surface area contributed by atoms with Crippen LogP contribution in [0.15, 0.2) is 35.0 Å². The molecule has 0 saturated heterocycles. The van der Waals surface area contributed by atoms with Gasteiger partial charge < -0.3 is 10.1 Å². The Kier molecular flexibility index (Phi) is 3.66. The standard InChI is InChI=1S/C14H13N3OS2/c1-15-14-17-12(8-20-14)11-7-19-13(16-11)9-4-3-5-10(6-9)18-2/h3-8H,1-2H3,(H,15,17). The number of aromatic nitrogens is 2. The number of hydrogen-bond donors (Lipinski definition) is 1.